The first-order valence-electron chi connectivity index (χ1n) is 8.07. The van der Waals surface area contributed by atoms with Gasteiger partial charge in [0, 0.05) is 32.8 Å². The lowest BCUT2D eigenvalue weighted by molar-refractivity contribution is 0.0908. The number of aryl methyl sites for hydroxylation is 1. The summed E-state index contributed by atoms with van der Waals surface area (Å²) in [6.07, 6.45) is 3.69. The van der Waals surface area contributed by atoms with E-state index in [1.165, 1.54) is 5.56 Å². The first-order chi connectivity index (χ1) is 10.6. The Balaban J connectivity index is 1.72. The SMILES string of the molecule is Cc1ccc(C(=O)C2CC3CCC(C2)S3=O)c2ccccc12. The molecule has 0 spiro atoms. The van der Waals surface area contributed by atoms with Gasteiger partial charge < -0.3 is 0 Å². The lowest BCUT2D eigenvalue weighted by atomic mass is 9.87. The van der Waals surface area contributed by atoms with Gasteiger partial charge in [0.05, 0.1) is 0 Å². The number of fused-ring (bicyclic) bond motifs is 3. The van der Waals surface area contributed by atoms with Gasteiger partial charge in [0.15, 0.2) is 5.78 Å². The van der Waals surface area contributed by atoms with Crippen molar-refractivity contribution in [1.82, 2.24) is 0 Å². The van der Waals surface area contributed by atoms with Crippen molar-refractivity contribution in [3.8, 4) is 0 Å². The minimum Gasteiger partial charge on any atom is -0.294 e. The Hall–Kier alpha value is -1.48. The van der Waals surface area contributed by atoms with E-state index in [2.05, 4.69) is 13.0 Å². The molecule has 2 aromatic rings. The van der Waals surface area contributed by atoms with Crippen LogP contribution in [-0.2, 0) is 10.8 Å². The average molecular weight is 312 g/mol. The zero-order chi connectivity index (χ0) is 15.3. The summed E-state index contributed by atoms with van der Waals surface area (Å²) in [4.78, 5) is 13.1. The molecule has 2 unspecified atom stereocenters. The van der Waals surface area contributed by atoms with Crippen molar-refractivity contribution in [2.45, 2.75) is 43.1 Å². The van der Waals surface area contributed by atoms with E-state index in [0.29, 0.717) is 0 Å². The Bertz CT molecular complexity index is 764. The summed E-state index contributed by atoms with van der Waals surface area (Å²) in [6, 6.07) is 12.2. The normalized spacial score (nSPS) is 30.6. The third kappa shape index (κ3) is 2.14. The van der Waals surface area contributed by atoms with Crippen LogP contribution in [0.25, 0.3) is 10.8 Å². The van der Waals surface area contributed by atoms with Crippen LogP contribution in [0.4, 0.5) is 0 Å². The molecule has 3 heteroatoms. The average Bonchev–Trinajstić information content (AvgIpc) is 2.76. The number of ketones is 1. The van der Waals surface area contributed by atoms with Crippen molar-refractivity contribution in [2.24, 2.45) is 5.92 Å². The summed E-state index contributed by atoms with van der Waals surface area (Å²) in [5.41, 5.74) is 2.05. The van der Waals surface area contributed by atoms with E-state index < -0.39 is 10.8 Å². The molecule has 2 atom stereocenters. The Morgan fingerprint density at radius 3 is 2.32 bits per heavy atom. The summed E-state index contributed by atoms with van der Waals surface area (Å²) in [7, 11) is -0.695. The molecule has 4 rings (SSSR count). The summed E-state index contributed by atoms with van der Waals surface area (Å²) < 4.78 is 12.1. The van der Waals surface area contributed by atoms with E-state index in [1.807, 2.05) is 30.3 Å². The quantitative estimate of drug-likeness (QED) is 0.785. The molecule has 0 N–H and O–H groups in total. The number of rotatable bonds is 2. The van der Waals surface area contributed by atoms with Gasteiger partial charge in [0.1, 0.15) is 0 Å². The van der Waals surface area contributed by atoms with Crippen LogP contribution in [0.3, 0.4) is 0 Å². The van der Waals surface area contributed by atoms with Crippen LogP contribution >= 0.6 is 0 Å². The minimum atomic E-state index is -0.695. The Morgan fingerprint density at radius 1 is 1.00 bits per heavy atom. The van der Waals surface area contributed by atoms with Crippen LogP contribution in [0.5, 0.6) is 0 Å². The van der Waals surface area contributed by atoms with Gasteiger partial charge in [0.25, 0.3) is 0 Å². The standard InChI is InChI=1S/C19H20O2S/c1-12-6-9-18(17-5-3-2-4-16(12)17)19(20)13-10-14-7-8-15(11-13)22(14)21/h2-6,9,13-15H,7-8,10-11H2,1H3. The van der Waals surface area contributed by atoms with E-state index in [1.54, 1.807) is 0 Å². The molecule has 2 heterocycles. The predicted molar refractivity (Wildman–Crippen MR) is 90.7 cm³/mol. The fourth-order valence-corrected chi connectivity index (χ4v) is 6.26. The maximum atomic E-state index is 13.1. The Kier molecular flexibility index (Phi) is 3.41. The highest BCUT2D eigenvalue weighted by atomic mass is 32.2. The first kappa shape index (κ1) is 14.1. The van der Waals surface area contributed by atoms with Crippen LogP contribution in [0.1, 0.15) is 41.6 Å². The Labute approximate surface area is 133 Å². The maximum Gasteiger partial charge on any atom is 0.166 e. The smallest absolute Gasteiger partial charge is 0.166 e. The van der Waals surface area contributed by atoms with E-state index >= 15 is 0 Å². The van der Waals surface area contributed by atoms with Crippen molar-refractivity contribution in [2.75, 3.05) is 0 Å². The molecule has 0 aromatic heterocycles. The number of carbonyl (C=O) groups is 1. The minimum absolute atomic E-state index is 0.0568. The van der Waals surface area contributed by atoms with Crippen LogP contribution in [0.2, 0.25) is 0 Å². The largest absolute Gasteiger partial charge is 0.294 e. The summed E-state index contributed by atoms with van der Waals surface area (Å²) >= 11 is 0. The second kappa shape index (κ2) is 5.31. The molecular weight excluding hydrogens is 292 g/mol. The zero-order valence-electron chi connectivity index (χ0n) is 12.7. The number of Topliss-reactive ketones (excluding diaryl/α,β-unsaturated/α-hetero) is 1. The van der Waals surface area contributed by atoms with Gasteiger partial charge in [-0.3, -0.25) is 9.00 Å². The molecule has 2 nitrogen and oxygen atoms in total. The monoisotopic (exact) mass is 312 g/mol. The van der Waals surface area contributed by atoms with Crippen molar-refractivity contribution in [3.05, 3.63) is 47.5 Å². The second-order valence-electron chi connectivity index (χ2n) is 6.66. The van der Waals surface area contributed by atoms with E-state index in [-0.39, 0.29) is 22.2 Å². The number of carbonyl (C=O) groups excluding carboxylic acids is 1. The molecule has 0 saturated carbocycles. The zero-order valence-corrected chi connectivity index (χ0v) is 13.6. The fraction of sp³-hybridized carbons (Fsp3) is 0.421. The van der Waals surface area contributed by atoms with Gasteiger partial charge in [-0.15, -0.1) is 0 Å². The number of benzene rings is 2. The van der Waals surface area contributed by atoms with Crippen LogP contribution in [0, 0.1) is 12.8 Å². The predicted octanol–water partition coefficient (Wildman–Crippen LogP) is 4.02. The van der Waals surface area contributed by atoms with Crippen molar-refractivity contribution in [3.63, 3.8) is 0 Å². The van der Waals surface area contributed by atoms with E-state index in [9.17, 15) is 9.00 Å². The molecule has 2 aliphatic rings. The molecule has 2 bridgehead atoms. The third-order valence-electron chi connectivity index (χ3n) is 5.34. The van der Waals surface area contributed by atoms with Crippen molar-refractivity contribution in [1.29, 1.82) is 0 Å². The van der Waals surface area contributed by atoms with E-state index in [0.717, 1.165) is 42.0 Å². The molecule has 0 amide bonds. The van der Waals surface area contributed by atoms with Gasteiger partial charge in [-0.1, -0.05) is 36.4 Å². The van der Waals surface area contributed by atoms with Crippen molar-refractivity contribution < 1.29 is 9.00 Å². The van der Waals surface area contributed by atoms with Crippen molar-refractivity contribution >= 4 is 27.4 Å². The van der Waals surface area contributed by atoms with Crippen LogP contribution < -0.4 is 0 Å². The lowest BCUT2D eigenvalue weighted by Crippen LogP contribution is -2.32. The molecule has 22 heavy (non-hydrogen) atoms. The molecule has 2 fully saturated rings. The van der Waals surface area contributed by atoms with Gasteiger partial charge in [-0.05, 0) is 48.9 Å². The number of hydrogen-bond donors (Lipinski definition) is 0. The highest BCUT2D eigenvalue weighted by Crippen LogP contribution is 2.40. The molecule has 114 valence electrons. The van der Waals surface area contributed by atoms with E-state index in [4.69, 9.17) is 0 Å². The Morgan fingerprint density at radius 2 is 1.64 bits per heavy atom. The maximum absolute atomic E-state index is 13.1. The molecule has 2 aliphatic heterocycles. The first-order valence-corrected chi connectivity index (χ1v) is 9.34. The molecular formula is C19H20O2S. The fourth-order valence-electron chi connectivity index (χ4n) is 4.13. The van der Waals surface area contributed by atoms with Gasteiger partial charge in [0.2, 0.25) is 0 Å². The van der Waals surface area contributed by atoms with Gasteiger partial charge >= 0.3 is 0 Å². The molecule has 0 aliphatic carbocycles. The number of hydrogen-bond acceptors (Lipinski definition) is 2. The molecule has 0 radical (unpaired) electrons. The summed E-state index contributed by atoms with van der Waals surface area (Å²) in [6.45, 7) is 2.08. The van der Waals surface area contributed by atoms with Crippen LogP contribution in [0.15, 0.2) is 36.4 Å². The second-order valence-corrected chi connectivity index (χ2v) is 8.65. The molecule has 2 aromatic carbocycles. The van der Waals surface area contributed by atoms with Crippen LogP contribution in [-0.4, -0.2) is 20.5 Å². The summed E-state index contributed by atoms with van der Waals surface area (Å²) in [5.74, 6) is 0.311. The lowest BCUT2D eigenvalue weighted by Gasteiger charge is -2.26. The highest BCUT2D eigenvalue weighted by Gasteiger charge is 2.43. The molecule has 2 saturated heterocycles. The van der Waals surface area contributed by atoms with Gasteiger partial charge in [-0.2, -0.15) is 0 Å². The third-order valence-corrected chi connectivity index (χ3v) is 7.51. The summed E-state index contributed by atoms with van der Waals surface area (Å²) in [5, 5.41) is 2.73. The topological polar surface area (TPSA) is 34.1 Å². The van der Waals surface area contributed by atoms with Gasteiger partial charge in [-0.25, -0.2) is 0 Å². The highest BCUT2D eigenvalue weighted by molar-refractivity contribution is 7.86.